The van der Waals surface area contributed by atoms with Gasteiger partial charge in [-0.1, -0.05) is 30.3 Å². The van der Waals surface area contributed by atoms with Crippen molar-refractivity contribution in [2.75, 3.05) is 38.2 Å². The quantitative estimate of drug-likeness (QED) is 0.422. The summed E-state index contributed by atoms with van der Waals surface area (Å²) in [4.78, 5) is 16.1. The molecule has 3 aromatic rings. The van der Waals surface area contributed by atoms with Crippen LogP contribution in [0.25, 0.3) is 11.0 Å². The molecule has 1 aliphatic heterocycles. The molecule has 1 aromatic carbocycles. The Bertz CT molecular complexity index is 1520. The van der Waals surface area contributed by atoms with Crippen molar-refractivity contribution in [3.8, 4) is 17.6 Å². The molecule has 3 heterocycles. The molecule has 0 spiro atoms. The van der Waals surface area contributed by atoms with Crippen LogP contribution in [0.3, 0.4) is 0 Å². The van der Waals surface area contributed by atoms with Gasteiger partial charge in [-0.15, -0.1) is 0 Å². The van der Waals surface area contributed by atoms with Gasteiger partial charge in [0.1, 0.15) is 11.1 Å². The molecule has 1 amide bonds. The molecule has 2 aliphatic rings. The number of rotatable bonds is 8. The van der Waals surface area contributed by atoms with Gasteiger partial charge in [0.25, 0.3) is 5.91 Å². The zero-order chi connectivity index (χ0) is 27.6. The Labute approximate surface area is 228 Å². The van der Waals surface area contributed by atoms with Crippen molar-refractivity contribution in [1.82, 2.24) is 24.7 Å². The number of ether oxygens (including phenoxy) is 1. The normalized spacial score (nSPS) is 15.8. The zero-order valence-electron chi connectivity index (χ0n) is 22.6. The van der Waals surface area contributed by atoms with Crippen molar-refractivity contribution in [2.45, 2.75) is 51.7 Å². The van der Waals surface area contributed by atoms with E-state index >= 15 is 0 Å². The van der Waals surface area contributed by atoms with Crippen LogP contribution in [0.4, 0.5) is 5.82 Å². The largest absolute Gasteiger partial charge is 0.496 e. The maximum absolute atomic E-state index is 12.9. The molecule has 1 saturated carbocycles. The van der Waals surface area contributed by atoms with Crippen molar-refractivity contribution in [2.24, 2.45) is 5.92 Å². The first-order chi connectivity index (χ1) is 18.7. The van der Waals surface area contributed by atoms with Gasteiger partial charge in [-0.25, -0.2) is 8.42 Å². The summed E-state index contributed by atoms with van der Waals surface area (Å²) in [6, 6.07) is 3.64. The molecule has 39 heavy (non-hydrogen) atoms. The Morgan fingerprint density at radius 1 is 1.23 bits per heavy atom. The summed E-state index contributed by atoms with van der Waals surface area (Å²) in [5.74, 6) is 6.22. The number of methoxy groups -OCH3 is 1. The monoisotopic (exact) mass is 554 g/mol. The molecule has 0 radical (unpaired) electrons. The second-order valence-electron chi connectivity index (χ2n) is 10.6. The molecular formula is C27H34N6O5S. The van der Waals surface area contributed by atoms with Crippen LogP contribution in [0.15, 0.2) is 22.9 Å². The standard InChI is InChI=1S/C27H34N6O5S/c1-31(2)11-7-10-25(34)32-16-21-14-28-33(22(21)17-32)15-20-12-23(37-3)26-24(13-20)38-29-27(26)30-39(35,36)18-19-8-5-4-6-9-19/h12-14,19H,4-6,8-9,11,15-18H2,1-3H3,(H,29,30). The Morgan fingerprint density at radius 2 is 2.03 bits per heavy atom. The van der Waals surface area contributed by atoms with Crippen molar-refractivity contribution in [1.29, 1.82) is 0 Å². The third kappa shape index (κ3) is 6.20. The van der Waals surface area contributed by atoms with Crippen LogP contribution < -0.4 is 9.46 Å². The first-order valence-electron chi connectivity index (χ1n) is 13.2. The molecular weight excluding hydrogens is 520 g/mol. The lowest BCUT2D eigenvalue weighted by Gasteiger charge is -2.21. The predicted octanol–water partition coefficient (Wildman–Crippen LogP) is 2.81. The Hall–Kier alpha value is -3.56. The van der Waals surface area contributed by atoms with Gasteiger partial charge in [0, 0.05) is 5.56 Å². The molecule has 0 atom stereocenters. The van der Waals surface area contributed by atoms with Gasteiger partial charge in [-0.05, 0) is 56.5 Å². The van der Waals surface area contributed by atoms with E-state index in [4.69, 9.17) is 9.26 Å². The number of carbonyl (C=O) groups excluding carboxylic acids is 1. The molecule has 1 aliphatic carbocycles. The first-order valence-corrected chi connectivity index (χ1v) is 14.8. The molecule has 208 valence electrons. The van der Waals surface area contributed by atoms with Gasteiger partial charge >= 0.3 is 0 Å². The zero-order valence-corrected chi connectivity index (χ0v) is 23.4. The molecule has 1 N–H and O–H groups in total. The maximum Gasteiger partial charge on any atom is 0.299 e. The topological polar surface area (TPSA) is 123 Å². The number of anilines is 1. The number of benzene rings is 1. The van der Waals surface area contributed by atoms with Crippen LogP contribution in [0.1, 0.15) is 48.9 Å². The van der Waals surface area contributed by atoms with Gasteiger partial charge in [-0.2, -0.15) is 5.10 Å². The van der Waals surface area contributed by atoms with E-state index in [1.807, 2.05) is 35.8 Å². The van der Waals surface area contributed by atoms with E-state index in [2.05, 4.69) is 26.8 Å². The third-order valence-corrected chi connectivity index (χ3v) is 8.61. The maximum atomic E-state index is 12.9. The number of carbonyl (C=O) groups is 1. The lowest BCUT2D eigenvalue weighted by Crippen LogP contribution is -2.25. The van der Waals surface area contributed by atoms with E-state index in [1.165, 1.54) is 13.5 Å². The second kappa shape index (κ2) is 11.3. The van der Waals surface area contributed by atoms with E-state index in [1.54, 1.807) is 11.1 Å². The smallest absolute Gasteiger partial charge is 0.299 e. The molecule has 2 aromatic heterocycles. The summed E-state index contributed by atoms with van der Waals surface area (Å²) < 4.78 is 41.3. The molecule has 11 nitrogen and oxygen atoms in total. The van der Waals surface area contributed by atoms with E-state index in [-0.39, 0.29) is 23.4 Å². The molecule has 5 rings (SSSR count). The highest BCUT2D eigenvalue weighted by Crippen LogP contribution is 2.35. The summed E-state index contributed by atoms with van der Waals surface area (Å²) in [5.41, 5.74) is 3.19. The number of nitrogens with zero attached hydrogens (tertiary/aromatic N) is 5. The van der Waals surface area contributed by atoms with Gasteiger partial charge in [0.15, 0.2) is 11.4 Å². The lowest BCUT2D eigenvalue weighted by molar-refractivity contribution is -0.125. The van der Waals surface area contributed by atoms with Crippen LogP contribution in [-0.4, -0.2) is 72.6 Å². The highest BCUT2D eigenvalue weighted by Gasteiger charge is 2.28. The fourth-order valence-electron chi connectivity index (χ4n) is 5.28. The number of fused-ring (bicyclic) bond motifs is 2. The molecule has 1 fully saturated rings. The highest BCUT2D eigenvalue weighted by atomic mass is 32.2. The Kier molecular flexibility index (Phi) is 7.81. The predicted molar refractivity (Wildman–Crippen MR) is 146 cm³/mol. The lowest BCUT2D eigenvalue weighted by atomic mass is 9.91. The first kappa shape index (κ1) is 27.0. The van der Waals surface area contributed by atoms with Crippen molar-refractivity contribution in [3.63, 3.8) is 0 Å². The summed E-state index contributed by atoms with van der Waals surface area (Å²) >= 11 is 0. The average Bonchev–Trinajstić information content (AvgIpc) is 3.59. The minimum absolute atomic E-state index is 0.0763. The van der Waals surface area contributed by atoms with E-state index < -0.39 is 10.0 Å². The van der Waals surface area contributed by atoms with E-state index in [0.717, 1.165) is 42.5 Å². The number of aromatic nitrogens is 3. The number of hydrogen-bond donors (Lipinski definition) is 1. The van der Waals surface area contributed by atoms with Crippen LogP contribution in [-0.2, 0) is 34.5 Å². The van der Waals surface area contributed by atoms with Gasteiger partial charge in [-0.3, -0.25) is 19.1 Å². The summed E-state index contributed by atoms with van der Waals surface area (Å²) in [6.07, 6.45) is 6.95. The number of sulfonamides is 1. The number of hydrogen-bond acceptors (Lipinski definition) is 8. The number of nitrogens with one attached hydrogen (secondary N) is 1. The summed E-state index contributed by atoms with van der Waals surface area (Å²) in [6.45, 7) is 1.84. The van der Waals surface area contributed by atoms with E-state index in [9.17, 15) is 13.2 Å². The number of amides is 1. The van der Waals surface area contributed by atoms with Crippen LogP contribution in [0.5, 0.6) is 5.75 Å². The van der Waals surface area contributed by atoms with Gasteiger partial charge < -0.3 is 14.2 Å². The van der Waals surface area contributed by atoms with Gasteiger partial charge in [0.2, 0.25) is 10.0 Å². The third-order valence-electron chi connectivity index (χ3n) is 7.20. The average molecular weight is 555 g/mol. The van der Waals surface area contributed by atoms with Crippen molar-refractivity contribution >= 4 is 32.7 Å². The summed E-state index contributed by atoms with van der Waals surface area (Å²) in [7, 11) is 1.75. The van der Waals surface area contributed by atoms with Crippen LogP contribution in [0, 0.1) is 17.8 Å². The fraction of sp³-hybridized carbons (Fsp3) is 0.519. The van der Waals surface area contributed by atoms with Gasteiger partial charge in [0.05, 0.1) is 50.9 Å². The molecule has 0 saturated heterocycles. The van der Waals surface area contributed by atoms with Crippen LogP contribution in [0.2, 0.25) is 0 Å². The Morgan fingerprint density at radius 3 is 2.77 bits per heavy atom. The second-order valence-corrected chi connectivity index (χ2v) is 12.3. The van der Waals surface area contributed by atoms with Crippen molar-refractivity contribution in [3.05, 3.63) is 35.2 Å². The summed E-state index contributed by atoms with van der Waals surface area (Å²) in [5, 5.41) is 9.01. The molecule has 0 unspecified atom stereocenters. The molecule has 0 bridgehead atoms. The van der Waals surface area contributed by atoms with E-state index in [0.29, 0.717) is 42.9 Å². The minimum Gasteiger partial charge on any atom is -0.496 e. The highest BCUT2D eigenvalue weighted by molar-refractivity contribution is 7.92. The fourth-order valence-corrected chi connectivity index (χ4v) is 6.75. The van der Waals surface area contributed by atoms with Crippen molar-refractivity contribution < 1.29 is 22.5 Å². The SMILES string of the molecule is COc1cc(Cn2ncc3c2CN(C(=O)C#CCN(C)C)C3)cc2onc(NS(=O)(=O)CC3CCCCC3)c12. The molecule has 12 heteroatoms. The minimum atomic E-state index is -3.59. The van der Waals surface area contributed by atoms with Crippen LogP contribution >= 0.6 is 0 Å². The Balaban J connectivity index is 1.31.